The maximum absolute atomic E-state index is 12.2. The lowest BCUT2D eigenvalue weighted by atomic mass is 9.81. The van der Waals surface area contributed by atoms with E-state index in [1.165, 1.54) is 41.5 Å². The van der Waals surface area contributed by atoms with Crippen molar-refractivity contribution in [3.63, 3.8) is 0 Å². The molecule has 0 amide bonds. The van der Waals surface area contributed by atoms with Gasteiger partial charge in [-0.25, -0.2) is 9.98 Å². The number of carbonyl (C=O) groups is 6. The standard InChI is InChI=1S/C31H42N2O16/c1-9-31(10-2,29-32-21-25(44-17(7)38)23(42-15(5)36)19(11-40-13(3)34)46-27(21)48-29)30-33-22-26(45-18(8)39)24(43-16(6)37)20(12-41-14(4)35)47-28(22)49-30/h19-28H,9-12H2,1-8H3/t19-,20-,21-,22-,23-,24-,25-,26-,27-,28-/m1/s1. The van der Waals surface area contributed by atoms with Crippen LogP contribution in [0.1, 0.15) is 68.2 Å². The molecule has 0 aromatic rings. The smallest absolute Gasteiger partial charge is 0.303 e. The third kappa shape index (κ3) is 8.29. The third-order valence-electron chi connectivity index (χ3n) is 8.35. The number of nitrogens with zero attached hydrogens (tertiary/aromatic N) is 2. The van der Waals surface area contributed by atoms with E-state index in [-0.39, 0.29) is 25.0 Å². The van der Waals surface area contributed by atoms with Gasteiger partial charge in [0.15, 0.2) is 36.5 Å². The molecule has 0 aromatic heterocycles. The van der Waals surface area contributed by atoms with E-state index in [4.69, 9.17) is 57.4 Å². The van der Waals surface area contributed by atoms with Crippen LogP contribution in [-0.2, 0) is 76.1 Å². The van der Waals surface area contributed by atoms with Crippen LogP contribution in [0.25, 0.3) is 0 Å². The van der Waals surface area contributed by atoms with Crippen molar-refractivity contribution in [3.8, 4) is 0 Å². The monoisotopic (exact) mass is 698 g/mol. The molecule has 0 aliphatic carbocycles. The Morgan fingerprint density at radius 1 is 0.551 bits per heavy atom. The molecule has 4 aliphatic rings. The summed E-state index contributed by atoms with van der Waals surface area (Å²) in [6.45, 7) is 10.1. The first-order chi connectivity index (χ1) is 23.1. The summed E-state index contributed by atoms with van der Waals surface area (Å²) in [4.78, 5) is 81.4. The Bertz CT molecular complexity index is 1280. The van der Waals surface area contributed by atoms with Crippen LogP contribution in [-0.4, -0.2) is 122 Å². The zero-order chi connectivity index (χ0) is 36.2. The van der Waals surface area contributed by atoms with Crippen LogP contribution < -0.4 is 0 Å². The van der Waals surface area contributed by atoms with E-state index >= 15 is 0 Å². The summed E-state index contributed by atoms with van der Waals surface area (Å²) in [6.07, 6.45) is -8.71. The van der Waals surface area contributed by atoms with Gasteiger partial charge in [-0.2, -0.15) is 0 Å². The van der Waals surface area contributed by atoms with Crippen molar-refractivity contribution < 1.29 is 76.1 Å². The first kappa shape index (κ1) is 37.5. The van der Waals surface area contributed by atoms with E-state index in [9.17, 15) is 28.8 Å². The van der Waals surface area contributed by atoms with E-state index < -0.39 is 103 Å². The summed E-state index contributed by atoms with van der Waals surface area (Å²) in [5.74, 6) is -3.83. The third-order valence-corrected chi connectivity index (χ3v) is 8.35. The van der Waals surface area contributed by atoms with Crippen LogP contribution in [0.3, 0.4) is 0 Å². The summed E-state index contributed by atoms with van der Waals surface area (Å²) in [5.41, 5.74) is -1.19. The van der Waals surface area contributed by atoms with Gasteiger partial charge in [0.2, 0.25) is 24.4 Å². The summed E-state index contributed by atoms with van der Waals surface area (Å²) in [5, 5.41) is 0. The summed E-state index contributed by atoms with van der Waals surface area (Å²) >= 11 is 0. The minimum absolute atomic E-state index is 0.0915. The number of aliphatic imine (C=N–C) groups is 2. The largest absolute Gasteiger partial charge is 0.463 e. The van der Waals surface area contributed by atoms with Crippen molar-refractivity contribution in [1.82, 2.24) is 0 Å². The molecule has 0 radical (unpaired) electrons. The van der Waals surface area contributed by atoms with Gasteiger partial charge in [0.25, 0.3) is 0 Å². The summed E-state index contributed by atoms with van der Waals surface area (Å²) < 4.78 is 57.2. The van der Waals surface area contributed by atoms with Gasteiger partial charge in [0, 0.05) is 41.5 Å². The number of ether oxygens (including phenoxy) is 10. The highest BCUT2D eigenvalue weighted by Gasteiger charge is 2.60. The maximum atomic E-state index is 12.2. The normalized spacial score (nSPS) is 31.7. The Balaban J connectivity index is 1.72. The maximum Gasteiger partial charge on any atom is 0.303 e. The molecule has 0 unspecified atom stereocenters. The Hall–Kier alpha value is -4.32. The van der Waals surface area contributed by atoms with Gasteiger partial charge in [-0.3, -0.25) is 28.8 Å². The molecule has 10 atom stereocenters. The van der Waals surface area contributed by atoms with Crippen molar-refractivity contribution in [2.24, 2.45) is 15.4 Å². The zero-order valence-corrected chi connectivity index (χ0v) is 28.5. The zero-order valence-electron chi connectivity index (χ0n) is 28.5. The molecule has 18 heteroatoms. The lowest BCUT2D eigenvalue weighted by Crippen LogP contribution is -2.60. The van der Waals surface area contributed by atoms with Gasteiger partial charge in [0.1, 0.15) is 30.8 Å². The molecule has 2 saturated heterocycles. The molecule has 4 heterocycles. The minimum Gasteiger partial charge on any atom is -0.463 e. The molecule has 0 spiro atoms. The Kier molecular flexibility index (Phi) is 11.9. The molecule has 4 rings (SSSR count). The predicted octanol–water partition coefficient (Wildman–Crippen LogP) is 0.690. The van der Waals surface area contributed by atoms with E-state index in [1.54, 1.807) is 0 Å². The lowest BCUT2D eigenvalue weighted by Gasteiger charge is -2.41. The molecule has 272 valence electrons. The molecule has 2 fully saturated rings. The molecule has 0 saturated carbocycles. The second-order valence-electron chi connectivity index (χ2n) is 11.9. The molecule has 18 nitrogen and oxygen atoms in total. The van der Waals surface area contributed by atoms with E-state index in [0.29, 0.717) is 12.8 Å². The second-order valence-corrected chi connectivity index (χ2v) is 11.9. The first-order valence-electron chi connectivity index (χ1n) is 15.9. The number of hydrogen-bond acceptors (Lipinski definition) is 18. The minimum atomic E-state index is -1.21. The average molecular weight is 699 g/mol. The lowest BCUT2D eigenvalue weighted by molar-refractivity contribution is -0.251. The van der Waals surface area contributed by atoms with Crippen LogP contribution in [0.4, 0.5) is 0 Å². The molecule has 0 aromatic carbocycles. The van der Waals surface area contributed by atoms with Crippen LogP contribution in [0.2, 0.25) is 0 Å². The van der Waals surface area contributed by atoms with Gasteiger partial charge in [-0.05, 0) is 12.8 Å². The van der Waals surface area contributed by atoms with Gasteiger partial charge >= 0.3 is 35.8 Å². The quantitative estimate of drug-likeness (QED) is 0.202. The Labute approximate surface area is 282 Å². The van der Waals surface area contributed by atoms with Gasteiger partial charge in [-0.1, -0.05) is 13.8 Å². The van der Waals surface area contributed by atoms with Gasteiger partial charge in [-0.15, -0.1) is 0 Å². The van der Waals surface area contributed by atoms with Gasteiger partial charge < -0.3 is 47.4 Å². The number of hydrogen-bond donors (Lipinski definition) is 0. The second kappa shape index (κ2) is 15.5. The molecule has 0 N–H and O–H groups in total. The Morgan fingerprint density at radius 3 is 1.16 bits per heavy atom. The fourth-order valence-electron chi connectivity index (χ4n) is 6.21. The molecular weight excluding hydrogens is 656 g/mol. The van der Waals surface area contributed by atoms with E-state index in [2.05, 4.69) is 0 Å². The first-order valence-corrected chi connectivity index (χ1v) is 15.9. The fraction of sp³-hybridized carbons (Fsp3) is 0.742. The van der Waals surface area contributed by atoms with Crippen LogP contribution in [0.15, 0.2) is 9.98 Å². The highest BCUT2D eigenvalue weighted by Crippen LogP contribution is 2.44. The summed E-state index contributed by atoms with van der Waals surface area (Å²) in [6, 6.07) is -2.05. The number of esters is 6. The van der Waals surface area contributed by atoms with Crippen molar-refractivity contribution in [2.45, 2.75) is 130 Å². The van der Waals surface area contributed by atoms with Crippen LogP contribution in [0.5, 0.6) is 0 Å². The molecular formula is C31H42N2O16. The highest BCUT2D eigenvalue weighted by molar-refractivity contribution is 6.06. The van der Waals surface area contributed by atoms with E-state index in [0.717, 1.165) is 0 Å². The molecule has 49 heavy (non-hydrogen) atoms. The topological polar surface area (TPSA) is 219 Å². The SMILES string of the molecule is CCC(CC)(C1=N[C@H]2[C@@H](O1)O[C@H](COC(C)=O)[C@@H](OC(C)=O)[C@@H]2OC(C)=O)C1=N[C@H]2[C@@H](O1)O[C@H](COC(C)=O)[C@@H](OC(C)=O)[C@@H]2OC(C)=O. The van der Waals surface area contributed by atoms with Crippen molar-refractivity contribution in [2.75, 3.05) is 13.2 Å². The van der Waals surface area contributed by atoms with Crippen LogP contribution in [0, 0.1) is 5.41 Å². The van der Waals surface area contributed by atoms with Crippen molar-refractivity contribution in [1.29, 1.82) is 0 Å². The van der Waals surface area contributed by atoms with Crippen LogP contribution >= 0.6 is 0 Å². The average Bonchev–Trinajstić information content (AvgIpc) is 3.63. The van der Waals surface area contributed by atoms with Gasteiger partial charge in [0.05, 0.1) is 0 Å². The number of carbonyl (C=O) groups excluding carboxylic acids is 6. The fourth-order valence-corrected chi connectivity index (χ4v) is 6.21. The van der Waals surface area contributed by atoms with Crippen molar-refractivity contribution in [3.05, 3.63) is 0 Å². The predicted molar refractivity (Wildman–Crippen MR) is 160 cm³/mol. The number of fused-ring (bicyclic) bond motifs is 2. The van der Waals surface area contributed by atoms with Crippen molar-refractivity contribution >= 4 is 47.6 Å². The summed E-state index contributed by atoms with van der Waals surface area (Å²) in [7, 11) is 0. The molecule has 4 aliphatic heterocycles. The molecule has 0 bridgehead atoms. The highest BCUT2D eigenvalue weighted by atomic mass is 16.7. The number of rotatable bonds is 12. The van der Waals surface area contributed by atoms with E-state index in [1.807, 2.05) is 13.8 Å². The Morgan fingerprint density at radius 2 is 0.878 bits per heavy atom.